The molecule has 0 bridgehead atoms. The van der Waals surface area contributed by atoms with Crippen LogP contribution >= 0.6 is 0 Å². The first-order chi connectivity index (χ1) is 20.6. The molecule has 0 heterocycles. The van der Waals surface area contributed by atoms with Crippen LogP contribution in [0.2, 0.25) is 51.4 Å². The van der Waals surface area contributed by atoms with Gasteiger partial charge in [0.15, 0.2) is 30.2 Å². The van der Waals surface area contributed by atoms with Gasteiger partial charge in [0.2, 0.25) is 0 Å². The molecule has 6 rings (SSSR count). The van der Waals surface area contributed by atoms with Crippen LogP contribution in [0.5, 0.6) is 11.5 Å². The second-order valence-electron chi connectivity index (χ2n) is 13.4. The Morgan fingerprint density at radius 1 is 0.512 bits per heavy atom. The van der Waals surface area contributed by atoms with Gasteiger partial charge in [-0.25, -0.2) is 0 Å². The molecular weight excluding hydrogens is 581 g/mol. The molecule has 4 aromatic rings. The molecule has 0 saturated carbocycles. The van der Waals surface area contributed by atoms with Crippen LogP contribution in [0.3, 0.4) is 0 Å². The van der Waals surface area contributed by atoms with Crippen molar-refractivity contribution in [3.63, 3.8) is 0 Å². The molecule has 0 saturated heterocycles. The van der Waals surface area contributed by atoms with Crippen molar-refractivity contribution < 1.29 is 18.3 Å². The van der Waals surface area contributed by atoms with Crippen molar-refractivity contribution in [2.24, 2.45) is 0 Å². The fourth-order valence-corrected chi connectivity index (χ4v) is 8.68. The summed E-state index contributed by atoms with van der Waals surface area (Å²) < 4.78 is 24.8. The lowest BCUT2D eigenvalue weighted by atomic mass is 9.98. The van der Waals surface area contributed by atoms with Gasteiger partial charge < -0.3 is 18.3 Å². The van der Waals surface area contributed by atoms with E-state index in [1.165, 1.54) is 44.5 Å². The minimum Gasteiger partial charge on any atom is -0.468 e. The average molecular weight is 623 g/mol. The Hall–Kier alpha value is -2.95. The first-order valence-corrected chi connectivity index (χ1v) is 23.5. The second-order valence-corrected chi connectivity index (χ2v) is 23.8. The lowest BCUT2D eigenvalue weighted by molar-refractivity contribution is 0.112. The topological polar surface area (TPSA) is 36.9 Å². The van der Waals surface area contributed by atoms with E-state index in [1.54, 1.807) is 0 Å². The van der Waals surface area contributed by atoms with Crippen LogP contribution in [0, 0.1) is 0 Å². The maximum atomic E-state index is 6.33. The SMILES string of the molecule is C[Si](C)(C)OCOc1cccc2c1C(C[Si]CC1c3ccccc3-c3cccc(OCO[Si](C)(C)C)c31)c1ccccc1-2. The highest BCUT2D eigenvalue weighted by atomic mass is 28.4. The van der Waals surface area contributed by atoms with E-state index in [4.69, 9.17) is 18.3 Å². The summed E-state index contributed by atoms with van der Waals surface area (Å²) in [6.45, 7) is 13.8. The van der Waals surface area contributed by atoms with Crippen LogP contribution in [0.15, 0.2) is 84.9 Å². The molecule has 43 heavy (non-hydrogen) atoms. The molecule has 4 nitrogen and oxygen atoms in total. The Labute approximate surface area is 261 Å². The van der Waals surface area contributed by atoms with Gasteiger partial charge >= 0.3 is 0 Å². The first-order valence-electron chi connectivity index (χ1n) is 15.3. The van der Waals surface area contributed by atoms with Gasteiger partial charge in [0.05, 0.1) is 0 Å². The van der Waals surface area contributed by atoms with E-state index in [2.05, 4.69) is 124 Å². The third-order valence-corrected chi connectivity index (χ3v) is 11.6. The van der Waals surface area contributed by atoms with E-state index >= 15 is 0 Å². The number of fused-ring (bicyclic) bond motifs is 6. The molecule has 222 valence electrons. The second kappa shape index (κ2) is 12.2. The van der Waals surface area contributed by atoms with E-state index in [0.717, 1.165) is 33.1 Å². The molecule has 7 heteroatoms. The van der Waals surface area contributed by atoms with Gasteiger partial charge in [0.1, 0.15) is 11.5 Å². The maximum absolute atomic E-state index is 6.33. The minimum atomic E-state index is -1.67. The largest absolute Gasteiger partial charge is 0.468 e. The summed E-state index contributed by atoms with van der Waals surface area (Å²) in [7, 11) is -2.58. The third kappa shape index (κ3) is 6.47. The van der Waals surface area contributed by atoms with E-state index < -0.39 is 16.6 Å². The van der Waals surface area contributed by atoms with Crippen LogP contribution in [0.25, 0.3) is 22.3 Å². The van der Waals surface area contributed by atoms with Gasteiger partial charge in [-0.15, -0.1) is 0 Å². The van der Waals surface area contributed by atoms with Crippen molar-refractivity contribution in [3.8, 4) is 33.8 Å². The molecule has 0 aromatic heterocycles. The van der Waals surface area contributed by atoms with Gasteiger partial charge in [-0.3, -0.25) is 0 Å². The number of rotatable bonds is 12. The van der Waals surface area contributed by atoms with Crippen molar-refractivity contribution in [2.45, 2.75) is 63.2 Å². The predicted octanol–water partition coefficient (Wildman–Crippen LogP) is 9.53. The Kier molecular flexibility index (Phi) is 8.54. The lowest BCUT2D eigenvalue weighted by Gasteiger charge is -2.22. The summed E-state index contributed by atoms with van der Waals surface area (Å²) in [5.41, 5.74) is 10.7. The Balaban J connectivity index is 1.25. The quantitative estimate of drug-likeness (QED) is 0.116. The number of hydrogen-bond donors (Lipinski definition) is 0. The van der Waals surface area contributed by atoms with E-state index in [9.17, 15) is 0 Å². The first kappa shape index (κ1) is 30.1. The van der Waals surface area contributed by atoms with Crippen molar-refractivity contribution in [1.82, 2.24) is 0 Å². The summed E-state index contributed by atoms with van der Waals surface area (Å²) in [6, 6.07) is 32.9. The maximum Gasteiger partial charge on any atom is 0.188 e. The Morgan fingerprint density at radius 2 is 0.907 bits per heavy atom. The van der Waals surface area contributed by atoms with E-state index in [1.807, 2.05) is 0 Å². The fourth-order valence-electron chi connectivity index (χ4n) is 6.27. The van der Waals surface area contributed by atoms with Crippen LogP contribution < -0.4 is 9.47 Å². The summed E-state index contributed by atoms with van der Waals surface area (Å²) in [4.78, 5) is 0. The predicted molar refractivity (Wildman–Crippen MR) is 183 cm³/mol. The average Bonchev–Trinajstić information content (AvgIpc) is 3.46. The van der Waals surface area contributed by atoms with Crippen molar-refractivity contribution in [2.75, 3.05) is 13.6 Å². The van der Waals surface area contributed by atoms with Gasteiger partial charge in [-0.2, -0.15) is 0 Å². The molecule has 0 fully saturated rings. The molecular formula is C36H42O4Si3. The monoisotopic (exact) mass is 622 g/mol. The number of benzene rings is 4. The summed E-state index contributed by atoms with van der Waals surface area (Å²) in [5, 5.41) is 0. The zero-order valence-corrected chi connectivity index (χ0v) is 29.2. The van der Waals surface area contributed by atoms with Crippen LogP contribution in [-0.2, 0) is 8.85 Å². The summed E-state index contributed by atoms with van der Waals surface area (Å²) in [5.74, 6) is 2.52. The molecule has 2 aliphatic carbocycles. The standard InChI is InChI=1S/C36H42O4Si3/c1-42(2,3)39-23-37-33-19-11-17-29-25-13-7-9-15-27(25)31(35(29)33)21-41-22-32-28-16-10-8-14-26(28)30-18-12-20-34(36(30)32)38-24-40-43(4,5)6/h7-20,31-32H,21-24H2,1-6H3. The summed E-state index contributed by atoms with van der Waals surface area (Å²) >= 11 is 0. The van der Waals surface area contributed by atoms with E-state index in [-0.39, 0.29) is 0 Å². The molecule has 2 unspecified atom stereocenters. The van der Waals surface area contributed by atoms with Crippen molar-refractivity contribution in [3.05, 3.63) is 107 Å². The van der Waals surface area contributed by atoms with Crippen LogP contribution in [0.4, 0.5) is 0 Å². The smallest absolute Gasteiger partial charge is 0.188 e. The zero-order valence-electron chi connectivity index (χ0n) is 26.2. The fraction of sp³-hybridized carbons (Fsp3) is 0.333. The van der Waals surface area contributed by atoms with Crippen molar-refractivity contribution in [1.29, 1.82) is 0 Å². The van der Waals surface area contributed by atoms with Crippen LogP contribution in [0.1, 0.15) is 34.1 Å². The van der Waals surface area contributed by atoms with E-state index in [0.29, 0.717) is 25.4 Å². The summed E-state index contributed by atoms with van der Waals surface area (Å²) in [6.07, 6.45) is 0. The van der Waals surface area contributed by atoms with Crippen molar-refractivity contribution >= 4 is 26.2 Å². The van der Waals surface area contributed by atoms with Crippen LogP contribution in [-0.4, -0.2) is 39.7 Å². The Morgan fingerprint density at radius 3 is 1.33 bits per heavy atom. The zero-order chi connectivity index (χ0) is 30.2. The third-order valence-electron chi connectivity index (χ3n) is 8.19. The van der Waals surface area contributed by atoms with Gasteiger partial charge in [0, 0.05) is 32.5 Å². The highest BCUT2D eigenvalue weighted by Gasteiger charge is 2.34. The molecule has 2 radical (unpaired) electrons. The molecule has 0 amide bonds. The molecule has 2 atom stereocenters. The normalized spacial score (nSPS) is 16.8. The Bertz CT molecular complexity index is 1490. The highest BCUT2D eigenvalue weighted by molar-refractivity contribution is 6.70. The number of hydrogen-bond acceptors (Lipinski definition) is 4. The van der Waals surface area contributed by atoms with Gasteiger partial charge in [0.25, 0.3) is 0 Å². The minimum absolute atomic E-state index is 0.303. The lowest BCUT2D eigenvalue weighted by Crippen LogP contribution is -2.27. The highest BCUT2D eigenvalue weighted by Crippen LogP contribution is 2.53. The molecule has 2 aliphatic rings. The number of ether oxygens (including phenoxy) is 2. The van der Waals surface area contributed by atoms with Gasteiger partial charge in [-0.1, -0.05) is 72.8 Å². The molecule has 0 N–H and O–H groups in total. The van der Waals surface area contributed by atoms with Gasteiger partial charge in [-0.05, 0) is 96.9 Å². The molecule has 0 spiro atoms. The molecule has 4 aromatic carbocycles. The molecule has 0 aliphatic heterocycles.